The molecule has 1 aromatic heterocycles. The van der Waals surface area contributed by atoms with Gasteiger partial charge in [-0.25, -0.2) is 9.97 Å². The van der Waals surface area contributed by atoms with E-state index in [1.165, 1.54) is 5.56 Å². The van der Waals surface area contributed by atoms with Crippen molar-refractivity contribution in [3.8, 4) is 0 Å². The molecule has 16 heavy (non-hydrogen) atoms. The van der Waals surface area contributed by atoms with Gasteiger partial charge in [-0.15, -0.1) is 0 Å². The number of hydrogen-bond acceptors (Lipinski definition) is 4. The topological polar surface area (TPSA) is 51.8 Å². The SMILES string of the molecule is NCc1cnc(SCc2ccccc2)nc1. The lowest BCUT2D eigenvalue weighted by Crippen LogP contribution is -1.98. The van der Waals surface area contributed by atoms with Crippen LogP contribution in [0.3, 0.4) is 0 Å². The summed E-state index contributed by atoms with van der Waals surface area (Å²) in [7, 11) is 0. The molecule has 0 spiro atoms. The second-order valence-corrected chi connectivity index (χ2v) is 4.29. The lowest BCUT2D eigenvalue weighted by Gasteiger charge is -2.01. The number of hydrogen-bond donors (Lipinski definition) is 1. The van der Waals surface area contributed by atoms with Crippen molar-refractivity contribution >= 4 is 11.8 Å². The Morgan fingerprint density at radius 1 is 1.00 bits per heavy atom. The van der Waals surface area contributed by atoms with Gasteiger partial charge in [0.1, 0.15) is 0 Å². The van der Waals surface area contributed by atoms with Crippen LogP contribution in [-0.2, 0) is 12.3 Å². The van der Waals surface area contributed by atoms with Gasteiger partial charge in [0.15, 0.2) is 5.16 Å². The highest BCUT2D eigenvalue weighted by Crippen LogP contribution is 2.18. The molecule has 2 aromatic rings. The van der Waals surface area contributed by atoms with Crippen molar-refractivity contribution in [3.05, 3.63) is 53.9 Å². The Morgan fingerprint density at radius 2 is 1.69 bits per heavy atom. The summed E-state index contributed by atoms with van der Waals surface area (Å²) in [5.74, 6) is 0.892. The number of benzene rings is 1. The first kappa shape index (κ1) is 11.1. The molecule has 0 unspecified atom stereocenters. The van der Waals surface area contributed by atoms with E-state index in [4.69, 9.17) is 5.73 Å². The Kier molecular flexibility index (Phi) is 3.91. The fraction of sp³-hybridized carbons (Fsp3) is 0.167. The Balaban J connectivity index is 1.94. The first-order valence-corrected chi connectivity index (χ1v) is 6.05. The molecular weight excluding hydrogens is 218 g/mol. The number of nitrogens with zero attached hydrogens (tertiary/aromatic N) is 2. The van der Waals surface area contributed by atoms with Crippen molar-refractivity contribution in [1.29, 1.82) is 0 Å². The van der Waals surface area contributed by atoms with Crippen molar-refractivity contribution in [3.63, 3.8) is 0 Å². The molecule has 0 bridgehead atoms. The molecule has 2 rings (SSSR count). The maximum absolute atomic E-state index is 5.48. The predicted octanol–water partition coefficient (Wildman–Crippen LogP) is 2.23. The second-order valence-electron chi connectivity index (χ2n) is 3.35. The number of aromatic nitrogens is 2. The monoisotopic (exact) mass is 231 g/mol. The van der Waals surface area contributed by atoms with Crippen LogP contribution in [0, 0.1) is 0 Å². The highest BCUT2D eigenvalue weighted by Gasteiger charge is 1.98. The van der Waals surface area contributed by atoms with E-state index in [1.54, 1.807) is 24.2 Å². The van der Waals surface area contributed by atoms with E-state index in [1.807, 2.05) is 18.2 Å². The second kappa shape index (κ2) is 5.63. The summed E-state index contributed by atoms with van der Waals surface area (Å²) in [6, 6.07) is 10.3. The fourth-order valence-corrected chi connectivity index (χ4v) is 1.99. The highest BCUT2D eigenvalue weighted by molar-refractivity contribution is 7.98. The smallest absolute Gasteiger partial charge is 0.187 e. The number of thioether (sulfide) groups is 1. The molecule has 0 radical (unpaired) electrons. The van der Waals surface area contributed by atoms with Gasteiger partial charge in [-0.2, -0.15) is 0 Å². The quantitative estimate of drug-likeness (QED) is 0.647. The Labute approximate surface area is 99.1 Å². The number of nitrogens with two attached hydrogens (primary N) is 1. The van der Waals surface area contributed by atoms with Crippen molar-refractivity contribution in [1.82, 2.24) is 9.97 Å². The Morgan fingerprint density at radius 3 is 2.31 bits per heavy atom. The zero-order chi connectivity index (χ0) is 11.2. The van der Waals surface area contributed by atoms with Gasteiger partial charge in [0.05, 0.1) is 0 Å². The van der Waals surface area contributed by atoms with Gasteiger partial charge >= 0.3 is 0 Å². The minimum absolute atomic E-state index is 0.490. The zero-order valence-corrected chi connectivity index (χ0v) is 9.65. The summed E-state index contributed by atoms with van der Waals surface area (Å²) in [6.07, 6.45) is 3.56. The molecule has 4 heteroatoms. The molecule has 2 N–H and O–H groups in total. The fourth-order valence-electron chi connectivity index (χ4n) is 1.24. The van der Waals surface area contributed by atoms with Crippen molar-refractivity contribution in [2.45, 2.75) is 17.5 Å². The van der Waals surface area contributed by atoms with Crippen LogP contribution in [0.2, 0.25) is 0 Å². The lowest BCUT2D eigenvalue weighted by molar-refractivity contribution is 0.913. The van der Waals surface area contributed by atoms with Gasteiger partial charge in [0, 0.05) is 30.3 Å². The van der Waals surface area contributed by atoms with E-state index in [0.717, 1.165) is 16.5 Å². The van der Waals surface area contributed by atoms with Crippen molar-refractivity contribution < 1.29 is 0 Å². The van der Waals surface area contributed by atoms with Gasteiger partial charge in [-0.3, -0.25) is 0 Å². The van der Waals surface area contributed by atoms with E-state index in [2.05, 4.69) is 22.1 Å². The van der Waals surface area contributed by atoms with Crippen LogP contribution in [0.15, 0.2) is 47.9 Å². The molecule has 0 aliphatic carbocycles. The maximum atomic E-state index is 5.48. The molecular formula is C12H13N3S. The number of rotatable bonds is 4. The summed E-state index contributed by atoms with van der Waals surface area (Å²) in [5, 5.41) is 0.793. The van der Waals surface area contributed by atoms with Gasteiger partial charge in [-0.1, -0.05) is 42.1 Å². The van der Waals surface area contributed by atoms with Crippen LogP contribution < -0.4 is 5.73 Å². The first-order valence-electron chi connectivity index (χ1n) is 5.06. The molecule has 0 saturated heterocycles. The van der Waals surface area contributed by atoms with E-state index in [9.17, 15) is 0 Å². The van der Waals surface area contributed by atoms with Crippen LogP contribution in [0.25, 0.3) is 0 Å². The lowest BCUT2D eigenvalue weighted by atomic mass is 10.2. The molecule has 0 atom stereocenters. The summed E-state index contributed by atoms with van der Waals surface area (Å²) < 4.78 is 0. The maximum Gasteiger partial charge on any atom is 0.187 e. The van der Waals surface area contributed by atoms with Crippen LogP contribution >= 0.6 is 11.8 Å². The summed E-state index contributed by atoms with van der Waals surface area (Å²) in [5.41, 5.74) is 7.72. The average molecular weight is 231 g/mol. The molecule has 0 amide bonds. The normalized spacial score (nSPS) is 10.3. The predicted molar refractivity (Wildman–Crippen MR) is 65.9 cm³/mol. The Hall–Kier alpha value is -1.39. The van der Waals surface area contributed by atoms with Crippen LogP contribution in [0.4, 0.5) is 0 Å². The van der Waals surface area contributed by atoms with Gasteiger partial charge in [0.25, 0.3) is 0 Å². The molecule has 0 aliphatic heterocycles. The molecule has 1 heterocycles. The van der Waals surface area contributed by atoms with E-state index < -0.39 is 0 Å². The Bertz CT molecular complexity index is 428. The molecule has 1 aromatic carbocycles. The third kappa shape index (κ3) is 3.05. The van der Waals surface area contributed by atoms with E-state index in [-0.39, 0.29) is 0 Å². The van der Waals surface area contributed by atoms with Crippen LogP contribution in [0.1, 0.15) is 11.1 Å². The third-order valence-electron chi connectivity index (χ3n) is 2.13. The molecule has 3 nitrogen and oxygen atoms in total. The van der Waals surface area contributed by atoms with Crippen LogP contribution in [0.5, 0.6) is 0 Å². The van der Waals surface area contributed by atoms with Gasteiger partial charge in [0.2, 0.25) is 0 Å². The first-order chi connectivity index (χ1) is 7.88. The standard InChI is InChI=1S/C12H13N3S/c13-6-11-7-14-12(15-8-11)16-9-10-4-2-1-3-5-10/h1-5,7-8H,6,9,13H2. The molecule has 0 fully saturated rings. The van der Waals surface area contributed by atoms with E-state index in [0.29, 0.717) is 6.54 Å². The van der Waals surface area contributed by atoms with Crippen LogP contribution in [-0.4, -0.2) is 9.97 Å². The van der Waals surface area contributed by atoms with E-state index >= 15 is 0 Å². The third-order valence-corrected chi connectivity index (χ3v) is 3.07. The average Bonchev–Trinajstić information content (AvgIpc) is 2.38. The molecule has 0 aliphatic rings. The summed E-state index contributed by atoms with van der Waals surface area (Å²) in [6.45, 7) is 0.490. The summed E-state index contributed by atoms with van der Waals surface area (Å²) in [4.78, 5) is 8.47. The minimum Gasteiger partial charge on any atom is -0.326 e. The highest BCUT2D eigenvalue weighted by atomic mass is 32.2. The van der Waals surface area contributed by atoms with Crippen molar-refractivity contribution in [2.75, 3.05) is 0 Å². The summed E-state index contributed by atoms with van der Waals surface area (Å²) >= 11 is 1.63. The largest absolute Gasteiger partial charge is 0.326 e. The zero-order valence-electron chi connectivity index (χ0n) is 8.84. The van der Waals surface area contributed by atoms with Gasteiger partial charge in [-0.05, 0) is 5.56 Å². The minimum atomic E-state index is 0.490. The molecule has 82 valence electrons. The molecule has 0 saturated carbocycles. The van der Waals surface area contributed by atoms with Crippen molar-refractivity contribution in [2.24, 2.45) is 5.73 Å². The van der Waals surface area contributed by atoms with Gasteiger partial charge < -0.3 is 5.73 Å².